The normalized spacial score (nSPS) is 13.4. The number of benzene rings is 2. The lowest BCUT2D eigenvalue weighted by Crippen LogP contribution is -2.37. The third-order valence-electron chi connectivity index (χ3n) is 5.57. The fourth-order valence-corrected chi connectivity index (χ4v) is 4.05. The van der Waals surface area contributed by atoms with Crippen LogP contribution in [0.5, 0.6) is 0 Å². The van der Waals surface area contributed by atoms with E-state index in [1.54, 1.807) is 18.3 Å². The van der Waals surface area contributed by atoms with E-state index in [9.17, 15) is 9.59 Å². The third-order valence-corrected chi connectivity index (χ3v) is 5.57. The summed E-state index contributed by atoms with van der Waals surface area (Å²) < 4.78 is 7.15. The second kappa shape index (κ2) is 7.09. The Labute approximate surface area is 168 Å². The molecule has 3 heterocycles. The standard InChI is InChI=1S/C24H20N2O3/c27-23(25-12-11-17-6-1-2-7-18(17)14-25)16-26-15-20(19-8-3-4-9-21(19)26)24(28)22-10-5-13-29-22/h1-10,13,15H,11-12,14,16H2. The Hall–Kier alpha value is -3.60. The number of ketones is 1. The molecule has 29 heavy (non-hydrogen) atoms. The van der Waals surface area contributed by atoms with Crippen molar-refractivity contribution in [2.45, 2.75) is 19.5 Å². The summed E-state index contributed by atoms with van der Waals surface area (Å²) >= 11 is 0. The Balaban J connectivity index is 1.44. The Morgan fingerprint density at radius 1 is 0.931 bits per heavy atom. The lowest BCUT2D eigenvalue weighted by atomic mass is 10.00. The molecule has 0 radical (unpaired) electrons. The van der Waals surface area contributed by atoms with Crippen molar-refractivity contribution >= 4 is 22.6 Å². The Morgan fingerprint density at radius 2 is 1.72 bits per heavy atom. The highest BCUT2D eigenvalue weighted by Gasteiger charge is 2.23. The smallest absolute Gasteiger partial charge is 0.242 e. The third kappa shape index (κ3) is 3.14. The summed E-state index contributed by atoms with van der Waals surface area (Å²) in [5, 5.41) is 0.825. The van der Waals surface area contributed by atoms with Gasteiger partial charge in [-0.2, -0.15) is 0 Å². The van der Waals surface area contributed by atoms with Crippen LogP contribution in [0.3, 0.4) is 0 Å². The molecule has 5 nitrogen and oxygen atoms in total. The van der Waals surface area contributed by atoms with Crippen molar-refractivity contribution in [3.05, 3.63) is 95.6 Å². The molecule has 0 saturated heterocycles. The quantitative estimate of drug-likeness (QED) is 0.499. The summed E-state index contributed by atoms with van der Waals surface area (Å²) in [7, 11) is 0. The van der Waals surface area contributed by atoms with Gasteiger partial charge in [-0.15, -0.1) is 0 Å². The van der Waals surface area contributed by atoms with Crippen LogP contribution in [-0.2, 0) is 24.3 Å². The minimum absolute atomic E-state index is 0.0530. The molecular weight excluding hydrogens is 364 g/mol. The van der Waals surface area contributed by atoms with Crippen LogP contribution in [0.2, 0.25) is 0 Å². The van der Waals surface area contributed by atoms with Gasteiger partial charge in [0, 0.05) is 30.2 Å². The van der Waals surface area contributed by atoms with E-state index in [0.717, 1.165) is 17.3 Å². The first kappa shape index (κ1) is 17.5. The van der Waals surface area contributed by atoms with Crippen molar-refractivity contribution in [3.63, 3.8) is 0 Å². The number of carbonyl (C=O) groups is 2. The van der Waals surface area contributed by atoms with Crippen molar-refractivity contribution in [2.24, 2.45) is 0 Å². The summed E-state index contributed by atoms with van der Waals surface area (Å²) in [4.78, 5) is 27.8. The van der Waals surface area contributed by atoms with Crippen LogP contribution >= 0.6 is 0 Å². The highest BCUT2D eigenvalue weighted by molar-refractivity contribution is 6.15. The second-order valence-electron chi connectivity index (χ2n) is 7.33. The summed E-state index contributed by atoms with van der Waals surface area (Å²) in [5.41, 5.74) is 3.94. The fourth-order valence-electron chi connectivity index (χ4n) is 4.05. The molecule has 2 aromatic heterocycles. The van der Waals surface area contributed by atoms with Gasteiger partial charge >= 0.3 is 0 Å². The maximum atomic E-state index is 13.0. The Kier molecular flexibility index (Phi) is 4.28. The number of nitrogens with zero attached hydrogens (tertiary/aromatic N) is 2. The van der Waals surface area contributed by atoms with Crippen molar-refractivity contribution in [3.8, 4) is 0 Å². The number of rotatable bonds is 4. The van der Waals surface area contributed by atoms with Gasteiger partial charge in [-0.1, -0.05) is 42.5 Å². The Morgan fingerprint density at radius 3 is 2.55 bits per heavy atom. The average molecular weight is 384 g/mol. The Bertz CT molecular complexity index is 1200. The van der Waals surface area contributed by atoms with E-state index >= 15 is 0 Å². The molecule has 0 N–H and O–H groups in total. The highest BCUT2D eigenvalue weighted by Crippen LogP contribution is 2.25. The predicted octanol–water partition coefficient (Wildman–Crippen LogP) is 4.05. The van der Waals surface area contributed by atoms with E-state index in [-0.39, 0.29) is 18.2 Å². The number of fused-ring (bicyclic) bond motifs is 2. The van der Waals surface area contributed by atoms with Crippen molar-refractivity contribution in [1.82, 2.24) is 9.47 Å². The number of furan rings is 1. The van der Waals surface area contributed by atoms with Crippen LogP contribution in [0.15, 0.2) is 77.5 Å². The van der Waals surface area contributed by atoms with E-state index in [0.29, 0.717) is 24.4 Å². The number of aromatic nitrogens is 1. The van der Waals surface area contributed by atoms with Crippen LogP contribution in [-0.4, -0.2) is 27.7 Å². The lowest BCUT2D eigenvalue weighted by molar-refractivity contribution is -0.132. The maximum absolute atomic E-state index is 13.0. The minimum atomic E-state index is -0.177. The summed E-state index contributed by atoms with van der Waals surface area (Å²) in [6.07, 6.45) is 4.13. The molecule has 1 aliphatic rings. The molecule has 0 fully saturated rings. The van der Waals surface area contributed by atoms with Crippen LogP contribution in [0, 0.1) is 0 Å². The van der Waals surface area contributed by atoms with Gasteiger partial charge in [0.05, 0.1) is 11.8 Å². The molecule has 0 bridgehead atoms. The summed E-state index contributed by atoms with van der Waals surface area (Å²) in [5.74, 6) is 0.174. The first-order chi connectivity index (χ1) is 14.2. The van der Waals surface area contributed by atoms with Crippen molar-refractivity contribution in [2.75, 3.05) is 6.54 Å². The number of hydrogen-bond donors (Lipinski definition) is 0. The topological polar surface area (TPSA) is 55.5 Å². The monoisotopic (exact) mass is 384 g/mol. The van der Waals surface area contributed by atoms with Crippen LogP contribution in [0.25, 0.3) is 10.9 Å². The van der Waals surface area contributed by atoms with E-state index < -0.39 is 0 Å². The van der Waals surface area contributed by atoms with Crippen molar-refractivity contribution < 1.29 is 14.0 Å². The molecule has 0 aliphatic carbocycles. The summed E-state index contributed by atoms with van der Waals surface area (Å²) in [6, 6.07) is 19.3. The number of hydrogen-bond acceptors (Lipinski definition) is 3. The molecule has 0 unspecified atom stereocenters. The molecule has 144 valence electrons. The van der Waals surface area contributed by atoms with Gasteiger partial charge in [0.25, 0.3) is 0 Å². The molecule has 1 amide bonds. The fraction of sp³-hybridized carbons (Fsp3) is 0.167. The average Bonchev–Trinajstić information content (AvgIpc) is 3.42. The predicted molar refractivity (Wildman–Crippen MR) is 110 cm³/mol. The van der Waals surface area contributed by atoms with Crippen LogP contribution in [0.4, 0.5) is 0 Å². The van der Waals surface area contributed by atoms with Gasteiger partial charge < -0.3 is 13.9 Å². The number of carbonyl (C=O) groups excluding carboxylic acids is 2. The molecule has 0 spiro atoms. The molecular formula is C24H20N2O3. The zero-order chi connectivity index (χ0) is 19.8. The zero-order valence-electron chi connectivity index (χ0n) is 15.9. The molecule has 1 aliphatic heterocycles. The minimum Gasteiger partial charge on any atom is -0.461 e. The molecule has 0 saturated carbocycles. The van der Waals surface area contributed by atoms with Gasteiger partial charge in [0.15, 0.2) is 5.76 Å². The van der Waals surface area contributed by atoms with E-state index in [4.69, 9.17) is 4.42 Å². The molecule has 2 aromatic carbocycles. The first-order valence-electron chi connectivity index (χ1n) is 9.71. The zero-order valence-corrected chi connectivity index (χ0v) is 15.9. The highest BCUT2D eigenvalue weighted by atomic mass is 16.3. The molecule has 5 heteroatoms. The van der Waals surface area contributed by atoms with Gasteiger partial charge in [-0.3, -0.25) is 9.59 Å². The van der Waals surface area contributed by atoms with E-state index in [1.165, 1.54) is 17.4 Å². The lowest BCUT2D eigenvalue weighted by Gasteiger charge is -2.29. The van der Waals surface area contributed by atoms with Gasteiger partial charge in [0.1, 0.15) is 6.54 Å². The van der Waals surface area contributed by atoms with E-state index in [1.807, 2.05) is 45.9 Å². The SMILES string of the molecule is O=C(c1ccco1)c1cn(CC(=O)N2CCc3ccccc3C2)c2ccccc12. The first-order valence-corrected chi connectivity index (χ1v) is 9.71. The van der Waals surface area contributed by atoms with Crippen molar-refractivity contribution in [1.29, 1.82) is 0 Å². The largest absolute Gasteiger partial charge is 0.461 e. The van der Waals surface area contributed by atoms with Gasteiger partial charge in [0.2, 0.25) is 11.7 Å². The molecule has 0 atom stereocenters. The van der Waals surface area contributed by atoms with Crippen LogP contribution < -0.4 is 0 Å². The number of amides is 1. The summed E-state index contributed by atoms with van der Waals surface area (Å²) in [6.45, 7) is 1.55. The number of para-hydroxylation sites is 1. The van der Waals surface area contributed by atoms with Gasteiger partial charge in [-0.25, -0.2) is 0 Å². The van der Waals surface area contributed by atoms with Crippen LogP contribution in [0.1, 0.15) is 27.2 Å². The molecule has 4 aromatic rings. The second-order valence-corrected chi connectivity index (χ2v) is 7.33. The maximum Gasteiger partial charge on any atom is 0.242 e. The van der Waals surface area contributed by atoms with E-state index in [2.05, 4.69) is 12.1 Å². The van der Waals surface area contributed by atoms with Gasteiger partial charge in [-0.05, 0) is 35.7 Å². The molecule has 5 rings (SSSR count).